The van der Waals surface area contributed by atoms with Crippen molar-refractivity contribution in [3.8, 4) is 0 Å². The summed E-state index contributed by atoms with van der Waals surface area (Å²) in [5, 5.41) is 2.65. The van der Waals surface area contributed by atoms with Crippen molar-refractivity contribution in [2.24, 2.45) is 0 Å². The van der Waals surface area contributed by atoms with Crippen LogP contribution in [0, 0.1) is 0 Å². The molecule has 0 aromatic rings. The van der Waals surface area contributed by atoms with Crippen molar-refractivity contribution in [2.45, 2.75) is 30.9 Å². The minimum absolute atomic E-state index is 0.0106. The van der Waals surface area contributed by atoms with Gasteiger partial charge in [0.15, 0.2) is 0 Å². The first-order chi connectivity index (χ1) is 5.14. The summed E-state index contributed by atoms with van der Waals surface area (Å²) >= 11 is 0. The fourth-order valence-electron chi connectivity index (χ4n) is 1.41. The molecule has 0 aromatic carbocycles. The predicted molar refractivity (Wildman–Crippen MR) is 37.8 cm³/mol. The average Bonchev–Trinajstić information content (AvgIpc) is 1.86. The SMILES string of the molecule is CNC1(C(F)F)CC(OC)C1. The largest absolute Gasteiger partial charge is 0.381 e. The molecule has 0 aliphatic heterocycles. The number of nitrogens with one attached hydrogen (secondary N) is 1. The van der Waals surface area contributed by atoms with Gasteiger partial charge in [0.05, 0.1) is 11.6 Å². The van der Waals surface area contributed by atoms with Gasteiger partial charge in [-0.1, -0.05) is 0 Å². The first-order valence-corrected chi connectivity index (χ1v) is 3.64. The molecule has 0 radical (unpaired) electrons. The third-order valence-electron chi connectivity index (χ3n) is 2.43. The molecule has 4 heteroatoms. The molecule has 1 rings (SSSR count). The van der Waals surface area contributed by atoms with E-state index < -0.39 is 12.0 Å². The van der Waals surface area contributed by atoms with E-state index in [0.717, 1.165) is 0 Å². The summed E-state index contributed by atoms with van der Waals surface area (Å²) in [5.41, 5.74) is -0.972. The molecular weight excluding hydrogens is 152 g/mol. The Hall–Kier alpha value is -0.220. The number of methoxy groups -OCH3 is 1. The number of alkyl halides is 2. The molecular formula is C7H13F2NO. The van der Waals surface area contributed by atoms with Crippen LogP contribution in [0.25, 0.3) is 0 Å². The predicted octanol–water partition coefficient (Wildman–Crippen LogP) is 1.02. The first-order valence-electron chi connectivity index (χ1n) is 3.64. The summed E-state index contributed by atoms with van der Waals surface area (Å²) < 4.78 is 29.6. The van der Waals surface area contributed by atoms with E-state index in [4.69, 9.17) is 4.74 Å². The van der Waals surface area contributed by atoms with Crippen molar-refractivity contribution >= 4 is 0 Å². The van der Waals surface area contributed by atoms with Crippen LogP contribution in [0.1, 0.15) is 12.8 Å². The van der Waals surface area contributed by atoms with Gasteiger partial charge >= 0.3 is 0 Å². The third kappa shape index (κ3) is 1.37. The van der Waals surface area contributed by atoms with Gasteiger partial charge in [0.25, 0.3) is 6.43 Å². The second kappa shape index (κ2) is 3.03. The Kier molecular flexibility index (Phi) is 2.44. The molecule has 2 nitrogen and oxygen atoms in total. The smallest absolute Gasteiger partial charge is 0.256 e. The number of hydrogen-bond acceptors (Lipinski definition) is 2. The van der Waals surface area contributed by atoms with E-state index in [-0.39, 0.29) is 6.10 Å². The van der Waals surface area contributed by atoms with E-state index in [0.29, 0.717) is 12.8 Å². The molecule has 11 heavy (non-hydrogen) atoms. The topological polar surface area (TPSA) is 21.3 Å². The Balaban J connectivity index is 2.43. The fourth-order valence-corrected chi connectivity index (χ4v) is 1.41. The maximum Gasteiger partial charge on any atom is 0.256 e. The Morgan fingerprint density at radius 3 is 2.36 bits per heavy atom. The average molecular weight is 165 g/mol. The van der Waals surface area contributed by atoms with Gasteiger partial charge in [-0.15, -0.1) is 0 Å². The molecule has 0 heterocycles. The second-order valence-electron chi connectivity index (χ2n) is 2.97. The first kappa shape index (κ1) is 8.87. The van der Waals surface area contributed by atoms with Crippen LogP contribution < -0.4 is 5.32 Å². The van der Waals surface area contributed by atoms with E-state index in [2.05, 4.69) is 5.32 Å². The van der Waals surface area contributed by atoms with Gasteiger partial charge in [0.1, 0.15) is 0 Å². The van der Waals surface area contributed by atoms with Crippen LogP contribution in [-0.2, 0) is 4.74 Å². The van der Waals surface area contributed by atoms with Gasteiger partial charge in [-0.3, -0.25) is 0 Å². The van der Waals surface area contributed by atoms with Crippen molar-refractivity contribution < 1.29 is 13.5 Å². The molecule has 1 aliphatic rings. The lowest BCUT2D eigenvalue weighted by atomic mass is 9.74. The lowest BCUT2D eigenvalue weighted by molar-refractivity contribution is -0.0974. The van der Waals surface area contributed by atoms with E-state index in [1.54, 1.807) is 14.2 Å². The summed E-state index contributed by atoms with van der Waals surface area (Å²) in [6.07, 6.45) is -1.45. The molecule has 0 amide bonds. The van der Waals surface area contributed by atoms with Crippen LogP contribution in [-0.4, -0.2) is 32.2 Å². The highest BCUT2D eigenvalue weighted by Gasteiger charge is 2.50. The highest BCUT2D eigenvalue weighted by molar-refractivity contribution is 5.03. The van der Waals surface area contributed by atoms with Crippen LogP contribution in [0.5, 0.6) is 0 Å². The molecule has 66 valence electrons. The third-order valence-corrected chi connectivity index (χ3v) is 2.43. The highest BCUT2D eigenvalue weighted by Crippen LogP contribution is 2.38. The Bertz CT molecular complexity index is 134. The molecule has 1 saturated carbocycles. The molecule has 0 aromatic heterocycles. The zero-order chi connectivity index (χ0) is 8.48. The monoisotopic (exact) mass is 165 g/mol. The summed E-state index contributed by atoms with van der Waals surface area (Å²) in [6.45, 7) is 0. The minimum atomic E-state index is -2.29. The lowest BCUT2D eigenvalue weighted by Gasteiger charge is -2.45. The van der Waals surface area contributed by atoms with Gasteiger partial charge in [-0.25, -0.2) is 8.78 Å². The molecule has 0 bridgehead atoms. The molecule has 0 saturated heterocycles. The Morgan fingerprint density at radius 1 is 1.55 bits per heavy atom. The Morgan fingerprint density at radius 2 is 2.09 bits per heavy atom. The molecule has 1 N–H and O–H groups in total. The van der Waals surface area contributed by atoms with E-state index in [1.165, 1.54) is 0 Å². The normalized spacial score (nSPS) is 37.4. The van der Waals surface area contributed by atoms with Gasteiger partial charge in [0.2, 0.25) is 0 Å². The van der Waals surface area contributed by atoms with E-state index in [9.17, 15) is 8.78 Å². The summed E-state index contributed by atoms with van der Waals surface area (Å²) in [4.78, 5) is 0. The quantitative estimate of drug-likeness (QED) is 0.674. The van der Waals surface area contributed by atoms with Crippen molar-refractivity contribution in [3.05, 3.63) is 0 Å². The summed E-state index contributed by atoms with van der Waals surface area (Å²) in [6, 6.07) is 0. The fraction of sp³-hybridized carbons (Fsp3) is 1.00. The number of halogens is 2. The number of ether oxygens (including phenoxy) is 1. The van der Waals surface area contributed by atoms with Crippen molar-refractivity contribution in [3.63, 3.8) is 0 Å². The second-order valence-corrected chi connectivity index (χ2v) is 2.97. The van der Waals surface area contributed by atoms with E-state index in [1.807, 2.05) is 0 Å². The summed E-state index contributed by atoms with van der Waals surface area (Å²) in [7, 11) is 3.12. The van der Waals surface area contributed by atoms with E-state index >= 15 is 0 Å². The van der Waals surface area contributed by atoms with Crippen molar-refractivity contribution in [2.75, 3.05) is 14.2 Å². The van der Waals surface area contributed by atoms with Crippen molar-refractivity contribution in [1.82, 2.24) is 5.32 Å². The molecule has 1 aliphatic carbocycles. The summed E-state index contributed by atoms with van der Waals surface area (Å²) in [5.74, 6) is 0. The molecule has 1 fully saturated rings. The van der Waals surface area contributed by atoms with Crippen LogP contribution in [0.3, 0.4) is 0 Å². The highest BCUT2D eigenvalue weighted by atomic mass is 19.3. The van der Waals surface area contributed by atoms with Crippen LogP contribution in [0.2, 0.25) is 0 Å². The maximum absolute atomic E-state index is 12.3. The molecule has 0 atom stereocenters. The van der Waals surface area contributed by atoms with Crippen LogP contribution >= 0.6 is 0 Å². The lowest BCUT2D eigenvalue weighted by Crippen LogP contribution is -2.61. The number of hydrogen-bond donors (Lipinski definition) is 1. The van der Waals surface area contributed by atoms with Crippen molar-refractivity contribution in [1.29, 1.82) is 0 Å². The number of rotatable bonds is 3. The maximum atomic E-state index is 12.3. The van der Waals surface area contributed by atoms with Gasteiger partial charge in [0, 0.05) is 7.11 Å². The van der Waals surface area contributed by atoms with Crippen LogP contribution in [0.4, 0.5) is 8.78 Å². The Labute approximate surface area is 64.9 Å². The van der Waals surface area contributed by atoms with Crippen LogP contribution in [0.15, 0.2) is 0 Å². The zero-order valence-electron chi connectivity index (χ0n) is 6.73. The van der Waals surface area contributed by atoms with Gasteiger partial charge in [-0.05, 0) is 19.9 Å². The van der Waals surface area contributed by atoms with Gasteiger partial charge < -0.3 is 10.1 Å². The van der Waals surface area contributed by atoms with Gasteiger partial charge in [-0.2, -0.15) is 0 Å². The zero-order valence-corrected chi connectivity index (χ0v) is 6.73. The molecule has 0 unspecified atom stereocenters. The molecule has 0 spiro atoms. The standard InChI is InChI=1S/C7H13F2NO/c1-10-7(6(8)9)3-5(4-7)11-2/h5-6,10H,3-4H2,1-2H3. The minimum Gasteiger partial charge on any atom is -0.381 e.